The van der Waals surface area contributed by atoms with Gasteiger partial charge in [0.1, 0.15) is 10.8 Å². The molecule has 0 saturated carbocycles. The Balaban J connectivity index is 2.59. The molecule has 26 heavy (non-hydrogen) atoms. The Morgan fingerprint density at radius 2 is 1.73 bits per heavy atom. The number of carbonyl (C=O) groups is 1. The van der Waals surface area contributed by atoms with Crippen LogP contribution in [0.15, 0.2) is 17.5 Å². The van der Waals surface area contributed by atoms with Crippen LogP contribution in [0.1, 0.15) is 75.4 Å². The Kier molecular flexibility index (Phi) is 7.21. The maximum absolute atomic E-state index is 10.9. The second-order valence-electron chi connectivity index (χ2n) is 6.73. The zero-order valence-electron chi connectivity index (χ0n) is 16.3. The van der Waals surface area contributed by atoms with Crippen LogP contribution in [-0.2, 0) is 11.2 Å². The molecule has 2 aromatic rings. The Morgan fingerprint density at radius 1 is 1.15 bits per heavy atom. The summed E-state index contributed by atoms with van der Waals surface area (Å²) in [7, 11) is 0. The van der Waals surface area contributed by atoms with Crippen molar-refractivity contribution in [2.45, 2.75) is 65.7 Å². The molecule has 0 amide bonds. The van der Waals surface area contributed by atoms with Gasteiger partial charge in [-0.05, 0) is 54.9 Å². The highest BCUT2D eigenvalue weighted by Crippen LogP contribution is 2.40. The van der Waals surface area contributed by atoms with Crippen molar-refractivity contribution in [3.05, 3.63) is 33.6 Å². The minimum atomic E-state index is -0.849. The summed E-state index contributed by atoms with van der Waals surface area (Å²) in [5, 5.41) is 11.6. The molecule has 0 aliphatic rings. The minimum Gasteiger partial charge on any atom is -0.493 e. The summed E-state index contributed by atoms with van der Waals surface area (Å²) in [6.45, 7) is 11.5. The van der Waals surface area contributed by atoms with Gasteiger partial charge in [0.15, 0.2) is 0 Å². The summed E-state index contributed by atoms with van der Waals surface area (Å²) in [5.41, 5.74) is 4.33. The molecule has 0 saturated heterocycles. The molecule has 2 unspecified atom stereocenters. The highest BCUT2D eigenvalue weighted by Gasteiger charge is 2.21. The monoisotopic (exact) mass is 375 g/mol. The number of hydrogen-bond donors (Lipinski definition) is 1. The number of aliphatic carboxylic acids is 1. The fourth-order valence-corrected chi connectivity index (χ4v) is 3.75. The van der Waals surface area contributed by atoms with E-state index < -0.39 is 5.97 Å². The van der Waals surface area contributed by atoms with Gasteiger partial charge in [0.2, 0.25) is 0 Å². The van der Waals surface area contributed by atoms with Gasteiger partial charge in [-0.1, -0.05) is 27.7 Å². The first-order valence-corrected chi connectivity index (χ1v) is 10.3. The third kappa shape index (κ3) is 4.64. The fourth-order valence-electron chi connectivity index (χ4n) is 2.96. The van der Waals surface area contributed by atoms with Gasteiger partial charge in [-0.15, -0.1) is 11.3 Å². The Morgan fingerprint density at radius 3 is 2.19 bits per heavy atom. The van der Waals surface area contributed by atoms with E-state index in [9.17, 15) is 4.79 Å². The van der Waals surface area contributed by atoms with Crippen molar-refractivity contribution in [2.24, 2.45) is 0 Å². The summed E-state index contributed by atoms with van der Waals surface area (Å²) in [6.07, 6.45) is 2.04. The normalized spacial score (nSPS) is 13.4. The first kappa shape index (κ1) is 20.4. The highest BCUT2D eigenvalue weighted by molar-refractivity contribution is 7.10. The van der Waals surface area contributed by atoms with E-state index in [0.717, 1.165) is 29.8 Å². The highest BCUT2D eigenvalue weighted by atomic mass is 32.1. The van der Waals surface area contributed by atoms with Gasteiger partial charge in [-0.25, -0.2) is 4.98 Å². The molecule has 4 nitrogen and oxygen atoms in total. The number of rotatable bonds is 9. The van der Waals surface area contributed by atoms with E-state index in [4.69, 9.17) is 9.84 Å². The lowest BCUT2D eigenvalue weighted by Gasteiger charge is -2.23. The topological polar surface area (TPSA) is 59.4 Å². The van der Waals surface area contributed by atoms with Crippen molar-refractivity contribution in [1.29, 1.82) is 0 Å². The van der Waals surface area contributed by atoms with Crippen LogP contribution in [0, 0.1) is 0 Å². The molecule has 0 spiro atoms. The lowest BCUT2D eigenvalue weighted by atomic mass is 9.87. The summed E-state index contributed by atoms with van der Waals surface area (Å²) < 4.78 is 6.07. The third-order valence-corrected chi connectivity index (χ3v) is 5.72. The van der Waals surface area contributed by atoms with Crippen molar-refractivity contribution < 1.29 is 14.6 Å². The zero-order chi connectivity index (χ0) is 19.3. The molecule has 0 aliphatic heterocycles. The number of hydrogen-bond acceptors (Lipinski definition) is 4. The summed E-state index contributed by atoms with van der Waals surface area (Å²) in [6, 6.07) is 4.34. The van der Waals surface area contributed by atoms with Gasteiger partial charge in [0.05, 0.1) is 18.7 Å². The molecular weight excluding hydrogens is 346 g/mol. The number of benzene rings is 1. The molecule has 1 aromatic carbocycles. The Labute approximate surface area is 160 Å². The number of carboxylic acids is 1. The zero-order valence-corrected chi connectivity index (χ0v) is 17.2. The summed E-state index contributed by atoms with van der Waals surface area (Å²) >= 11 is 1.40. The molecule has 0 bridgehead atoms. The van der Waals surface area contributed by atoms with E-state index in [2.05, 4.69) is 44.8 Å². The van der Waals surface area contributed by atoms with Crippen LogP contribution in [0.3, 0.4) is 0 Å². The van der Waals surface area contributed by atoms with Crippen LogP contribution in [-0.4, -0.2) is 22.7 Å². The van der Waals surface area contributed by atoms with Gasteiger partial charge < -0.3 is 9.84 Å². The molecule has 0 radical (unpaired) electrons. The molecule has 0 fully saturated rings. The summed E-state index contributed by atoms with van der Waals surface area (Å²) in [5.74, 6) is 0.937. The van der Waals surface area contributed by atoms with Crippen molar-refractivity contribution in [3.63, 3.8) is 0 Å². The first-order chi connectivity index (χ1) is 12.4. The SMILES string of the molecule is CCOc1c(C(C)CC)cc(-c2csc(CC(=O)O)n2)cc1C(C)CC. The van der Waals surface area contributed by atoms with Crippen LogP contribution in [0.5, 0.6) is 5.75 Å². The van der Waals surface area contributed by atoms with Crippen LogP contribution >= 0.6 is 11.3 Å². The molecule has 5 heteroatoms. The number of aromatic nitrogens is 1. The van der Waals surface area contributed by atoms with E-state index in [1.807, 2.05) is 12.3 Å². The predicted octanol–water partition coefficient (Wildman–Crippen LogP) is 5.86. The molecule has 2 atom stereocenters. The number of carboxylic acid groups (broad SMARTS) is 1. The van der Waals surface area contributed by atoms with Crippen molar-refractivity contribution >= 4 is 17.3 Å². The van der Waals surface area contributed by atoms with E-state index >= 15 is 0 Å². The summed E-state index contributed by atoms with van der Waals surface area (Å²) in [4.78, 5) is 15.5. The van der Waals surface area contributed by atoms with Gasteiger partial charge in [-0.2, -0.15) is 0 Å². The van der Waals surface area contributed by atoms with E-state index in [-0.39, 0.29) is 6.42 Å². The first-order valence-electron chi connectivity index (χ1n) is 9.38. The average Bonchev–Trinajstić information content (AvgIpc) is 3.08. The molecule has 1 N–H and O–H groups in total. The predicted molar refractivity (Wildman–Crippen MR) is 107 cm³/mol. The standard InChI is InChI=1S/C21H29NO3S/c1-6-13(4)16-9-15(18-12-26-19(22-18)11-20(23)24)10-17(14(5)7-2)21(16)25-8-3/h9-10,12-14H,6-8,11H2,1-5H3,(H,23,24). The van der Waals surface area contributed by atoms with E-state index in [1.165, 1.54) is 22.5 Å². The molecule has 2 rings (SSSR count). The Hall–Kier alpha value is -1.88. The second-order valence-corrected chi connectivity index (χ2v) is 7.68. The number of nitrogens with zero attached hydrogens (tertiary/aromatic N) is 1. The minimum absolute atomic E-state index is 0.0296. The van der Waals surface area contributed by atoms with Gasteiger partial charge in [0.25, 0.3) is 0 Å². The molecular formula is C21H29NO3S. The lowest BCUT2D eigenvalue weighted by Crippen LogP contribution is -2.06. The van der Waals surface area contributed by atoms with Crippen LogP contribution < -0.4 is 4.74 Å². The molecule has 1 aromatic heterocycles. The quantitative estimate of drug-likeness (QED) is 0.596. The van der Waals surface area contributed by atoms with Gasteiger partial charge in [-0.3, -0.25) is 4.79 Å². The average molecular weight is 376 g/mol. The van der Waals surface area contributed by atoms with Crippen molar-refractivity contribution in [3.8, 4) is 17.0 Å². The molecule has 142 valence electrons. The Bertz CT molecular complexity index is 722. The van der Waals surface area contributed by atoms with Crippen molar-refractivity contribution in [1.82, 2.24) is 4.98 Å². The maximum atomic E-state index is 10.9. The lowest BCUT2D eigenvalue weighted by molar-refractivity contribution is -0.136. The molecule has 1 heterocycles. The second kappa shape index (κ2) is 9.17. The fraction of sp³-hybridized carbons (Fsp3) is 0.524. The van der Waals surface area contributed by atoms with Gasteiger partial charge in [0, 0.05) is 10.9 Å². The van der Waals surface area contributed by atoms with E-state index in [0.29, 0.717) is 23.5 Å². The number of ether oxygens (including phenoxy) is 1. The number of thiazole rings is 1. The van der Waals surface area contributed by atoms with E-state index in [1.54, 1.807) is 0 Å². The van der Waals surface area contributed by atoms with Crippen LogP contribution in [0.2, 0.25) is 0 Å². The third-order valence-electron chi connectivity index (χ3n) is 4.87. The maximum Gasteiger partial charge on any atom is 0.310 e. The molecule has 0 aliphatic carbocycles. The van der Waals surface area contributed by atoms with Crippen LogP contribution in [0.25, 0.3) is 11.3 Å². The van der Waals surface area contributed by atoms with Crippen LogP contribution in [0.4, 0.5) is 0 Å². The van der Waals surface area contributed by atoms with Crippen molar-refractivity contribution in [2.75, 3.05) is 6.61 Å². The van der Waals surface area contributed by atoms with Gasteiger partial charge >= 0.3 is 5.97 Å². The smallest absolute Gasteiger partial charge is 0.310 e. The largest absolute Gasteiger partial charge is 0.493 e.